The number of nitrogens with one attached hydrogen (secondary N) is 1. The SMILES string of the molecule is CCOC(=O)c1sc2nc(C(C)N3CCOCC3)[nH]c(=O)c2c1C. The Hall–Kier alpha value is -1.77. The van der Waals surface area contributed by atoms with Gasteiger partial charge < -0.3 is 14.5 Å². The van der Waals surface area contributed by atoms with Crippen molar-refractivity contribution in [3.63, 3.8) is 0 Å². The fraction of sp³-hybridized carbons (Fsp3) is 0.562. The zero-order valence-electron chi connectivity index (χ0n) is 14.0. The molecule has 2 aromatic heterocycles. The third-order valence-electron chi connectivity index (χ3n) is 4.27. The fourth-order valence-electron chi connectivity index (χ4n) is 2.89. The summed E-state index contributed by atoms with van der Waals surface area (Å²) in [4.78, 5) is 35.3. The average molecular weight is 351 g/mol. The van der Waals surface area contributed by atoms with Crippen molar-refractivity contribution in [1.82, 2.24) is 14.9 Å². The molecule has 1 fully saturated rings. The average Bonchev–Trinajstić information content (AvgIpc) is 2.92. The Labute approximate surface area is 143 Å². The number of esters is 1. The predicted molar refractivity (Wildman–Crippen MR) is 91.7 cm³/mol. The van der Waals surface area contributed by atoms with Crippen molar-refractivity contribution in [1.29, 1.82) is 0 Å². The largest absolute Gasteiger partial charge is 0.462 e. The van der Waals surface area contributed by atoms with Crippen LogP contribution in [-0.4, -0.2) is 53.7 Å². The van der Waals surface area contributed by atoms with E-state index in [9.17, 15) is 9.59 Å². The number of aromatic amines is 1. The lowest BCUT2D eigenvalue weighted by molar-refractivity contribution is 0.0182. The van der Waals surface area contributed by atoms with E-state index in [0.29, 0.717) is 46.3 Å². The summed E-state index contributed by atoms with van der Waals surface area (Å²) >= 11 is 1.22. The van der Waals surface area contributed by atoms with Crippen LogP contribution in [0.1, 0.15) is 40.9 Å². The third kappa shape index (κ3) is 3.09. The van der Waals surface area contributed by atoms with Crippen molar-refractivity contribution < 1.29 is 14.3 Å². The molecule has 1 unspecified atom stereocenters. The van der Waals surface area contributed by atoms with E-state index in [4.69, 9.17) is 9.47 Å². The second-order valence-corrected chi connectivity index (χ2v) is 6.73. The van der Waals surface area contributed by atoms with Gasteiger partial charge in [0.15, 0.2) is 0 Å². The van der Waals surface area contributed by atoms with Crippen molar-refractivity contribution in [2.75, 3.05) is 32.9 Å². The minimum atomic E-state index is -0.403. The van der Waals surface area contributed by atoms with Crippen LogP contribution in [0.2, 0.25) is 0 Å². The number of fused-ring (bicyclic) bond motifs is 1. The monoisotopic (exact) mass is 351 g/mol. The van der Waals surface area contributed by atoms with E-state index in [1.165, 1.54) is 11.3 Å². The second-order valence-electron chi connectivity index (χ2n) is 5.73. The van der Waals surface area contributed by atoms with Crippen molar-refractivity contribution in [3.8, 4) is 0 Å². The highest BCUT2D eigenvalue weighted by Crippen LogP contribution is 2.29. The van der Waals surface area contributed by atoms with Gasteiger partial charge in [0.05, 0.1) is 31.2 Å². The number of hydrogen-bond donors (Lipinski definition) is 1. The lowest BCUT2D eigenvalue weighted by Gasteiger charge is -2.31. The Morgan fingerprint density at radius 2 is 2.17 bits per heavy atom. The quantitative estimate of drug-likeness (QED) is 0.847. The van der Waals surface area contributed by atoms with Gasteiger partial charge >= 0.3 is 5.97 Å². The van der Waals surface area contributed by atoms with E-state index in [-0.39, 0.29) is 11.6 Å². The molecule has 7 nitrogen and oxygen atoms in total. The Morgan fingerprint density at radius 1 is 1.46 bits per heavy atom. The lowest BCUT2D eigenvalue weighted by atomic mass is 10.2. The van der Waals surface area contributed by atoms with Crippen molar-refractivity contribution >= 4 is 27.5 Å². The molecule has 24 heavy (non-hydrogen) atoms. The number of morpholine rings is 1. The number of aromatic nitrogens is 2. The molecule has 1 aliphatic rings. The fourth-order valence-corrected chi connectivity index (χ4v) is 3.97. The van der Waals surface area contributed by atoms with Gasteiger partial charge in [-0.05, 0) is 26.3 Å². The van der Waals surface area contributed by atoms with Gasteiger partial charge in [0, 0.05) is 13.1 Å². The molecule has 0 saturated carbocycles. The highest BCUT2D eigenvalue weighted by atomic mass is 32.1. The number of rotatable bonds is 4. The van der Waals surface area contributed by atoms with Gasteiger partial charge in [-0.25, -0.2) is 9.78 Å². The van der Waals surface area contributed by atoms with E-state index in [1.807, 2.05) is 6.92 Å². The standard InChI is InChI=1S/C16H21N3O4S/c1-4-23-16(21)12-9(2)11-14(20)17-13(18-15(11)24-12)10(3)19-5-7-22-8-6-19/h10H,4-8H2,1-3H3,(H,17,18,20). The summed E-state index contributed by atoms with van der Waals surface area (Å²) in [7, 11) is 0. The van der Waals surface area contributed by atoms with E-state index in [1.54, 1.807) is 13.8 Å². The molecule has 0 spiro atoms. The van der Waals surface area contributed by atoms with Gasteiger partial charge in [0.25, 0.3) is 5.56 Å². The molecule has 1 atom stereocenters. The zero-order chi connectivity index (χ0) is 17.3. The van der Waals surface area contributed by atoms with Crippen LogP contribution in [0.5, 0.6) is 0 Å². The van der Waals surface area contributed by atoms with Gasteiger partial charge in [-0.15, -0.1) is 11.3 Å². The number of nitrogens with zero attached hydrogens (tertiary/aromatic N) is 2. The van der Waals surface area contributed by atoms with Gasteiger partial charge in [-0.3, -0.25) is 9.69 Å². The van der Waals surface area contributed by atoms with Crippen LogP contribution in [-0.2, 0) is 9.47 Å². The molecule has 2 aromatic rings. The number of carbonyl (C=O) groups is 1. The number of carbonyl (C=O) groups excluding carboxylic acids is 1. The summed E-state index contributed by atoms with van der Waals surface area (Å²) in [5.74, 6) is 0.214. The van der Waals surface area contributed by atoms with Crippen LogP contribution in [0, 0.1) is 6.92 Å². The predicted octanol–water partition coefficient (Wildman–Crippen LogP) is 1.86. The molecule has 8 heteroatoms. The first-order chi connectivity index (χ1) is 11.5. The Balaban J connectivity index is 2.00. The first-order valence-corrected chi connectivity index (χ1v) is 8.86. The van der Waals surface area contributed by atoms with Crippen LogP contribution in [0.25, 0.3) is 10.2 Å². The zero-order valence-corrected chi connectivity index (χ0v) is 14.9. The molecule has 0 amide bonds. The minimum absolute atomic E-state index is 0.0144. The Kier molecular flexibility index (Phi) is 4.98. The van der Waals surface area contributed by atoms with Crippen molar-refractivity contribution in [2.45, 2.75) is 26.8 Å². The Morgan fingerprint density at radius 3 is 2.83 bits per heavy atom. The van der Waals surface area contributed by atoms with Gasteiger partial charge in [0.2, 0.25) is 0 Å². The number of hydrogen-bond acceptors (Lipinski definition) is 7. The highest BCUT2D eigenvalue weighted by Gasteiger charge is 2.24. The molecule has 0 aliphatic carbocycles. The van der Waals surface area contributed by atoms with E-state index < -0.39 is 5.97 Å². The van der Waals surface area contributed by atoms with Crippen molar-refractivity contribution in [2.24, 2.45) is 0 Å². The summed E-state index contributed by atoms with van der Waals surface area (Å²) in [5.41, 5.74) is 0.423. The summed E-state index contributed by atoms with van der Waals surface area (Å²) in [6, 6.07) is -0.0144. The normalized spacial score (nSPS) is 17.1. The molecule has 3 heterocycles. The maximum Gasteiger partial charge on any atom is 0.348 e. The number of ether oxygens (including phenoxy) is 2. The summed E-state index contributed by atoms with van der Waals surface area (Å²) < 4.78 is 10.4. The molecule has 1 N–H and O–H groups in total. The van der Waals surface area contributed by atoms with E-state index >= 15 is 0 Å². The number of thiophene rings is 1. The Bertz CT molecular complexity index is 807. The second kappa shape index (κ2) is 7.00. The summed E-state index contributed by atoms with van der Waals surface area (Å²) in [5, 5.41) is 0.473. The van der Waals surface area contributed by atoms with Crippen LogP contribution in [0.15, 0.2) is 4.79 Å². The summed E-state index contributed by atoms with van der Waals surface area (Å²) in [6.07, 6.45) is 0. The first kappa shape index (κ1) is 17.1. The highest BCUT2D eigenvalue weighted by molar-refractivity contribution is 7.20. The maximum atomic E-state index is 12.5. The number of aryl methyl sites for hydroxylation is 1. The number of H-pyrrole nitrogens is 1. The minimum Gasteiger partial charge on any atom is -0.462 e. The lowest BCUT2D eigenvalue weighted by Crippen LogP contribution is -2.39. The van der Waals surface area contributed by atoms with Crippen molar-refractivity contribution in [3.05, 3.63) is 26.6 Å². The van der Waals surface area contributed by atoms with Gasteiger partial charge in [-0.1, -0.05) is 0 Å². The smallest absolute Gasteiger partial charge is 0.348 e. The molecular weight excluding hydrogens is 330 g/mol. The molecule has 130 valence electrons. The van der Waals surface area contributed by atoms with E-state index in [0.717, 1.165) is 13.1 Å². The third-order valence-corrected chi connectivity index (χ3v) is 5.43. The van der Waals surface area contributed by atoms with Gasteiger partial charge in [-0.2, -0.15) is 0 Å². The maximum absolute atomic E-state index is 12.5. The first-order valence-electron chi connectivity index (χ1n) is 8.05. The van der Waals surface area contributed by atoms with Crippen LogP contribution in [0.4, 0.5) is 0 Å². The van der Waals surface area contributed by atoms with Crippen LogP contribution < -0.4 is 5.56 Å². The molecule has 0 aromatic carbocycles. The van der Waals surface area contributed by atoms with Crippen LogP contribution >= 0.6 is 11.3 Å². The molecule has 3 rings (SSSR count). The molecule has 0 radical (unpaired) electrons. The molecule has 0 bridgehead atoms. The topological polar surface area (TPSA) is 84.5 Å². The molecule has 1 aliphatic heterocycles. The van der Waals surface area contributed by atoms with Crippen LogP contribution in [0.3, 0.4) is 0 Å². The van der Waals surface area contributed by atoms with Gasteiger partial charge in [0.1, 0.15) is 15.5 Å². The van der Waals surface area contributed by atoms with E-state index in [2.05, 4.69) is 14.9 Å². The molecule has 1 saturated heterocycles. The summed E-state index contributed by atoms with van der Waals surface area (Å²) in [6.45, 7) is 8.81. The molecular formula is C16H21N3O4S.